The molecule has 94 valence electrons. The maximum atomic E-state index is 6.08. The third kappa shape index (κ3) is 2.67. The van der Waals surface area contributed by atoms with E-state index in [9.17, 15) is 0 Å². The van der Waals surface area contributed by atoms with Gasteiger partial charge in [-0.05, 0) is 35.1 Å². The number of anilines is 1. The number of aryl methyl sites for hydroxylation is 1. The lowest BCUT2D eigenvalue weighted by atomic mass is 10.3. The van der Waals surface area contributed by atoms with E-state index >= 15 is 0 Å². The van der Waals surface area contributed by atoms with Gasteiger partial charge in [-0.1, -0.05) is 30.1 Å². The minimum absolute atomic E-state index is 0.408. The molecule has 0 aliphatic carbocycles. The van der Waals surface area contributed by atoms with E-state index in [1.54, 1.807) is 6.07 Å². The fourth-order valence-electron chi connectivity index (χ4n) is 1.43. The molecule has 0 unspecified atom stereocenters. The van der Waals surface area contributed by atoms with Gasteiger partial charge in [-0.25, -0.2) is 15.0 Å². The summed E-state index contributed by atoms with van der Waals surface area (Å²) in [4.78, 5) is 12.8. The average molecular weight is 395 g/mol. The highest BCUT2D eigenvalue weighted by molar-refractivity contribution is 14.1. The van der Waals surface area contributed by atoms with Crippen LogP contribution >= 0.6 is 45.8 Å². The number of nitrogens with two attached hydrogens (primary N) is 1. The predicted molar refractivity (Wildman–Crippen MR) is 81.8 cm³/mol. The first kappa shape index (κ1) is 13.8. The second-order valence-electron chi connectivity index (χ2n) is 3.53. The molecule has 0 fully saturated rings. The van der Waals surface area contributed by atoms with Gasteiger partial charge >= 0.3 is 0 Å². The van der Waals surface area contributed by atoms with Crippen molar-refractivity contribution in [1.82, 2.24) is 15.0 Å². The standard InChI is InChI=1S/C11H9Cl2IN4/c1-2-7-8(14)10(15)18-11(17-7)9-6(13)3-5(12)4-16-9/h3-4H,2H2,1H3,(H2,15,17,18). The number of hydrogen-bond acceptors (Lipinski definition) is 4. The molecule has 2 aromatic rings. The molecule has 0 spiro atoms. The van der Waals surface area contributed by atoms with E-state index in [4.69, 9.17) is 28.9 Å². The van der Waals surface area contributed by atoms with Crippen molar-refractivity contribution in [3.63, 3.8) is 0 Å². The third-order valence-corrected chi connectivity index (χ3v) is 3.97. The highest BCUT2D eigenvalue weighted by Crippen LogP contribution is 2.28. The number of pyridine rings is 1. The van der Waals surface area contributed by atoms with Gasteiger partial charge in [-0.2, -0.15) is 0 Å². The molecule has 0 bridgehead atoms. The van der Waals surface area contributed by atoms with Crippen molar-refractivity contribution in [3.05, 3.63) is 31.6 Å². The topological polar surface area (TPSA) is 64.7 Å². The normalized spacial score (nSPS) is 10.7. The molecule has 0 saturated carbocycles. The molecule has 0 atom stereocenters. The predicted octanol–water partition coefficient (Wildman–Crippen LogP) is 3.59. The largest absolute Gasteiger partial charge is 0.383 e. The van der Waals surface area contributed by atoms with E-state index in [0.29, 0.717) is 27.4 Å². The summed E-state index contributed by atoms with van der Waals surface area (Å²) in [6.07, 6.45) is 2.27. The van der Waals surface area contributed by atoms with Gasteiger partial charge in [0.1, 0.15) is 11.5 Å². The second-order valence-corrected chi connectivity index (χ2v) is 5.45. The molecule has 2 aromatic heterocycles. The molecule has 0 aliphatic heterocycles. The minimum Gasteiger partial charge on any atom is -0.383 e. The highest BCUT2D eigenvalue weighted by atomic mass is 127. The first-order valence-corrected chi connectivity index (χ1v) is 6.99. The van der Waals surface area contributed by atoms with Gasteiger partial charge in [-0.15, -0.1) is 0 Å². The van der Waals surface area contributed by atoms with Crippen molar-refractivity contribution in [2.45, 2.75) is 13.3 Å². The van der Waals surface area contributed by atoms with Crippen molar-refractivity contribution in [1.29, 1.82) is 0 Å². The Morgan fingerprint density at radius 2 is 2.06 bits per heavy atom. The maximum Gasteiger partial charge on any atom is 0.182 e. The highest BCUT2D eigenvalue weighted by Gasteiger charge is 2.14. The summed E-state index contributed by atoms with van der Waals surface area (Å²) in [5, 5.41) is 0.878. The van der Waals surface area contributed by atoms with E-state index in [1.165, 1.54) is 6.20 Å². The van der Waals surface area contributed by atoms with Crippen LogP contribution in [0.4, 0.5) is 5.82 Å². The Hall–Kier alpha value is -0.660. The number of hydrogen-bond donors (Lipinski definition) is 1. The Morgan fingerprint density at radius 1 is 1.33 bits per heavy atom. The fraction of sp³-hybridized carbons (Fsp3) is 0.182. The van der Waals surface area contributed by atoms with Crippen LogP contribution in [0.15, 0.2) is 12.3 Å². The SMILES string of the molecule is CCc1nc(-c2ncc(Cl)cc2Cl)nc(N)c1I. The first-order valence-electron chi connectivity index (χ1n) is 5.16. The van der Waals surface area contributed by atoms with Gasteiger partial charge in [0.2, 0.25) is 0 Å². The van der Waals surface area contributed by atoms with Crippen LogP contribution < -0.4 is 5.73 Å². The van der Waals surface area contributed by atoms with E-state index in [2.05, 4.69) is 37.5 Å². The molecule has 0 amide bonds. The van der Waals surface area contributed by atoms with Crippen LogP contribution in [0.5, 0.6) is 0 Å². The van der Waals surface area contributed by atoms with Crippen molar-refractivity contribution in [3.8, 4) is 11.5 Å². The monoisotopic (exact) mass is 394 g/mol. The summed E-state index contributed by atoms with van der Waals surface area (Å²) in [6.45, 7) is 2.00. The zero-order valence-corrected chi connectivity index (χ0v) is 13.1. The van der Waals surface area contributed by atoms with Gasteiger partial charge < -0.3 is 5.73 Å². The number of nitrogens with zero attached hydrogens (tertiary/aromatic N) is 3. The number of nitrogen functional groups attached to an aromatic ring is 1. The molecular formula is C11H9Cl2IN4. The Labute approximate surface area is 128 Å². The van der Waals surface area contributed by atoms with E-state index < -0.39 is 0 Å². The molecule has 7 heteroatoms. The molecule has 2 N–H and O–H groups in total. The van der Waals surface area contributed by atoms with Gasteiger partial charge in [0.25, 0.3) is 0 Å². The molecule has 2 rings (SSSR count). The maximum absolute atomic E-state index is 6.08. The first-order chi connectivity index (χ1) is 8.52. The van der Waals surface area contributed by atoms with Gasteiger partial charge in [0, 0.05) is 6.20 Å². The number of halogens is 3. The van der Waals surface area contributed by atoms with Crippen LogP contribution in [0.2, 0.25) is 10.0 Å². The quantitative estimate of drug-likeness (QED) is 0.790. The minimum atomic E-state index is 0.408. The van der Waals surface area contributed by atoms with E-state index in [0.717, 1.165) is 15.7 Å². The number of aromatic nitrogens is 3. The van der Waals surface area contributed by atoms with Gasteiger partial charge in [-0.3, -0.25) is 0 Å². The molecule has 0 aromatic carbocycles. The summed E-state index contributed by atoms with van der Waals surface area (Å²) in [6, 6.07) is 1.61. The summed E-state index contributed by atoms with van der Waals surface area (Å²) in [5.41, 5.74) is 7.22. The summed E-state index contributed by atoms with van der Waals surface area (Å²) >= 11 is 14.0. The lowest BCUT2D eigenvalue weighted by molar-refractivity contribution is 0.988. The van der Waals surface area contributed by atoms with Crippen molar-refractivity contribution >= 4 is 51.6 Å². The average Bonchev–Trinajstić information content (AvgIpc) is 2.32. The fourth-order valence-corrected chi connectivity index (χ4v) is 2.52. The van der Waals surface area contributed by atoms with Crippen LogP contribution in [-0.4, -0.2) is 15.0 Å². The second kappa shape index (κ2) is 5.54. The number of rotatable bonds is 2. The van der Waals surface area contributed by atoms with E-state index in [-0.39, 0.29) is 0 Å². The van der Waals surface area contributed by atoms with Crippen LogP contribution in [0.3, 0.4) is 0 Å². The molecule has 0 saturated heterocycles. The molecule has 18 heavy (non-hydrogen) atoms. The van der Waals surface area contributed by atoms with Crippen LogP contribution in [0.25, 0.3) is 11.5 Å². The lowest BCUT2D eigenvalue weighted by Crippen LogP contribution is -2.05. The van der Waals surface area contributed by atoms with Crippen molar-refractivity contribution < 1.29 is 0 Å². The van der Waals surface area contributed by atoms with Crippen molar-refractivity contribution in [2.75, 3.05) is 5.73 Å². The summed E-state index contributed by atoms with van der Waals surface area (Å²) in [5.74, 6) is 0.858. The molecular weight excluding hydrogens is 386 g/mol. The van der Waals surface area contributed by atoms with Crippen molar-refractivity contribution in [2.24, 2.45) is 0 Å². The molecule has 0 radical (unpaired) electrons. The lowest BCUT2D eigenvalue weighted by Gasteiger charge is -2.08. The zero-order chi connectivity index (χ0) is 13.3. The molecule has 0 aliphatic rings. The van der Waals surface area contributed by atoms with Gasteiger partial charge in [0.15, 0.2) is 5.82 Å². The van der Waals surface area contributed by atoms with E-state index in [1.807, 2.05) is 6.92 Å². The Morgan fingerprint density at radius 3 is 2.67 bits per heavy atom. The summed E-state index contributed by atoms with van der Waals surface area (Å²) < 4.78 is 0.865. The van der Waals surface area contributed by atoms with Crippen LogP contribution in [0, 0.1) is 3.57 Å². The van der Waals surface area contributed by atoms with Crippen LogP contribution in [0.1, 0.15) is 12.6 Å². The van der Waals surface area contributed by atoms with Gasteiger partial charge in [0.05, 0.1) is 19.3 Å². The van der Waals surface area contributed by atoms with Crippen LogP contribution in [-0.2, 0) is 6.42 Å². The molecule has 2 heterocycles. The smallest absolute Gasteiger partial charge is 0.182 e. The zero-order valence-electron chi connectivity index (χ0n) is 9.41. The third-order valence-electron chi connectivity index (χ3n) is 2.30. The molecule has 4 nitrogen and oxygen atoms in total. The Bertz CT molecular complexity index is 604. The summed E-state index contributed by atoms with van der Waals surface area (Å²) in [7, 11) is 0. The Kier molecular flexibility index (Phi) is 4.24. The Balaban J connectivity index is 2.60.